The molecular weight excluding hydrogens is 274 g/mol. The van der Waals surface area contributed by atoms with Crippen LogP contribution >= 0.6 is 11.6 Å². The Morgan fingerprint density at radius 3 is 2.58 bits per heavy atom. The van der Waals surface area contributed by atoms with Crippen molar-refractivity contribution >= 4 is 34.8 Å². The molecule has 0 saturated heterocycles. The molecule has 0 heterocycles. The fourth-order valence-electron chi connectivity index (χ4n) is 1.40. The summed E-state index contributed by atoms with van der Waals surface area (Å²) in [4.78, 5) is 32.9. The zero-order valence-corrected chi connectivity index (χ0v) is 10.4. The van der Waals surface area contributed by atoms with Gasteiger partial charge in [-0.15, -0.1) is 0 Å². The first-order valence-corrected chi connectivity index (χ1v) is 5.91. The van der Waals surface area contributed by atoms with E-state index in [-0.39, 0.29) is 22.4 Å². The van der Waals surface area contributed by atoms with Crippen molar-refractivity contribution in [3.05, 3.63) is 33.3 Å². The van der Waals surface area contributed by atoms with Gasteiger partial charge in [0.05, 0.1) is 4.92 Å². The molecule has 0 radical (unpaired) electrons. The van der Waals surface area contributed by atoms with Gasteiger partial charge in [0.1, 0.15) is 5.02 Å². The molecule has 0 unspecified atom stereocenters. The number of nitrogens with one attached hydrogen (secondary N) is 2. The van der Waals surface area contributed by atoms with Gasteiger partial charge in [0.15, 0.2) is 0 Å². The van der Waals surface area contributed by atoms with Crippen LogP contribution in [-0.4, -0.2) is 22.8 Å². The van der Waals surface area contributed by atoms with E-state index in [1.165, 1.54) is 12.1 Å². The maximum Gasteiger partial charge on any atom is 0.313 e. The average molecular weight is 284 g/mol. The number of carbonyl (C=O) groups is 2. The van der Waals surface area contributed by atoms with Gasteiger partial charge in [-0.25, -0.2) is 0 Å². The quantitative estimate of drug-likeness (QED) is 0.498. The lowest BCUT2D eigenvalue weighted by molar-refractivity contribution is -0.384. The number of hydrogen-bond acceptors (Lipinski definition) is 4. The highest BCUT2D eigenvalue weighted by molar-refractivity contribution is 6.40. The zero-order chi connectivity index (χ0) is 14.0. The molecule has 1 aliphatic rings. The van der Waals surface area contributed by atoms with E-state index in [0.29, 0.717) is 0 Å². The Kier molecular flexibility index (Phi) is 3.66. The minimum Gasteiger partial charge on any atom is -0.345 e. The molecule has 2 amide bonds. The van der Waals surface area contributed by atoms with E-state index in [1.54, 1.807) is 0 Å². The van der Waals surface area contributed by atoms with Crippen LogP contribution in [0.1, 0.15) is 12.8 Å². The van der Waals surface area contributed by atoms with Crippen LogP contribution in [0.15, 0.2) is 18.2 Å². The Balaban J connectivity index is 2.05. The molecule has 2 rings (SSSR count). The van der Waals surface area contributed by atoms with E-state index in [9.17, 15) is 19.7 Å². The molecule has 0 spiro atoms. The fraction of sp³-hybridized carbons (Fsp3) is 0.273. The summed E-state index contributed by atoms with van der Waals surface area (Å²) in [5.74, 6) is -1.61. The molecule has 0 aromatic heterocycles. The predicted octanol–water partition coefficient (Wildman–Crippen LogP) is 1.47. The lowest BCUT2D eigenvalue weighted by atomic mass is 10.2. The Bertz CT molecular complexity index is 557. The maximum absolute atomic E-state index is 11.5. The highest BCUT2D eigenvalue weighted by atomic mass is 35.5. The number of halogens is 1. The first kappa shape index (κ1) is 13.3. The van der Waals surface area contributed by atoms with Gasteiger partial charge in [0.2, 0.25) is 0 Å². The minimum atomic E-state index is -0.858. The standard InChI is InChI=1S/C11H10ClN3O4/c12-8-4-3-7(5-9(8)15(18)19)14-11(17)10(16)13-6-1-2-6/h3-6H,1-2H2,(H,13,16)(H,14,17). The molecule has 1 aromatic carbocycles. The molecule has 0 aliphatic heterocycles. The molecule has 0 bridgehead atoms. The summed E-state index contributed by atoms with van der Waals surface area (Å²) >= 11 is 5.63. The summed E-state index contributed by atoms with van der Waals surface area (Å²) in [6.07, 6.45) is 1.73. The van der Waals surface area contributed by atoms with E-state index in [4.69, 9.17) is 11.6 Å². The van der Waals surface area contributed by atoms with Gasteiger partial charge >= 0.3 is 11.8 Å². The Morgan fingerprint density at radius 2 is 2.00 bits per heavy atom. The molecule has 7 nitrogen and oxygen atoms in total. The van der Waals surface area contributed by atoms with Crippen molar-refractivity contribution in [3.63, 3.8) is 0 Å². The van der Waals surface area contributed by atoms with E-state index >= 15 is 0 Å². The van der Waals surface area contributed by atoms with Crippen LogP contribution in [-0.2, 0) is 9.59 Å². The van der Waals surface area contributed by atoms with Gasteiger partial charge in [-0.05, 0) is 25.0 Å². The Labute approximate surface area is 113 Å². The number of amides is 2. The number of hydrogen-bond donors (Lipinski definition) is 2. The van der Waals surface area contributed by atoms with Gasteiger partial charge in [-0.2, -0.15) is 0 Å². The monoisotopic (exact) mass is 283 g/mol. The van der Waals surface area contributed by atoms with Gasteiger partial charge in [-0.1, -0.05) is 11.6 Å². The number of nitro benzene ring substituents is 1. The molecular formula is C11H10ClN3O4. The molecule has 100 valence electrons. The first-order valence-electron chi connectivity index (χ1n) is 5.53. The summed E-state index contributed by atoms with van der Waals surface area (Å²) < 4.78 is 0. The second-order valence-electron chi connectivity index (χ2n) is 4.13. The van der Waals surface area contributed by atoms with Crippen molar-refractivity contribution in [1.82, 2.24) is 5.32 Å². The molecule has 8 heteroatoms. The Morgan fingerprint density at radius 1 is 1.32 bits per heavy atom. The number of carbonyl (C=O) groups excluding carboxylic acids is 2. The number of nitrogens with zero attached hydrogens (tertiary/aromatic N) is 1. The van der Waals surface area contributed by atoms with Crippen LogP contribution < -0.4 is 10.6 Å². The van der Waals surface area contributed by atoms with E-state index in [0.717, 1.165) is 18.9 Å². The van der Waals surface area contributed by atoms with Crippen LogP contribution in [0, 0.1) is 10.1 Å². The van der Waals surface area contributed by atoms with Crippen LogP contribution in [0.4, 0.5) is 11.4 Å². The molecule has 0 atom stereocenters. The van der Waals surface area contributed by atoms with Crippen molar-refractivity contribution in [3.8, 4) is 0 Å². The third-order valence-electron chi connectivity index (χ3n) is 2.52. The topological polar surface area (TPSA) is 101 Å². The number of rotatable bonds is 3. The third kappa shape index (κ3) is 3.41. The highest BCUT2D eigenvalue weighted by Crippen LogP contribution is 2.27. The summed E-state index contributed by atoms with van der Waals surface area (Å²) in [5, 5.41) is 15.4. The van der Waals surface area contributed by atoms with Crippen molar-refractivity contribution in [2.24, 2.45) is 0 Å². The number of benzene rings is 1. The largest absolute Gasteiger partial charge is 0.345 e. The molecule has 1 saturated carbocycles. The van der Waals surface area contributed by atoms with Crippen molar-refractivity contribution in [2.45, 2.75) is 18.9 Å². The van der Waals surface area contributed by atoms with E-state index in [2.05, 4.69) is 10.6 Å². The highest BCUT2D eigenvalue weighted by Gasteiger charge is 2.26. The molecule has 1 aromatic rings. The first-order chi connectivity index (χ1) is 8.97. The number of nitro groups is 1. The lowest BCUT2D eigenvalue weighted by Crippen LogP contribution is -2.36. The second kappa shape index (κ2) is 5.23. The summed E-state index contributed by atoms with van der Waals surface area (Å²) in [6.45, 7) is 0. The average Bonchev–Trinajstić information content (AvgIpc) is 3.15. The molecule has 2 N–H and O–H groups in total. The van der Waals surface area contributed by atoms with Crippen molar-refractivity contribution in [2.75, 3.05) is 5.32 Å². The normalized spacial score (nSPS) is 13.7. The lowest BCUT2D eigenvalue weighted by Gasteiger charge is -2.05. The van der Waals surface area contributed by atoms with E-state index < -0.39 is 16.7 Å². The molecule has 1 aliphatic carbocycles. The summed E-state index contributed by atoms with van der Waals surface area (Å²) in [6, 6.07) is 3.84. The minimum absolute atomic E-state index is 0.0366. The summed E-state index contributed by atoms with van der Waals surface area (Å²) in [5.41, 5.74) is -0.186. The van der Waals surface area contributed by atoms with Gasteiger partial charge < -0.3 is 10.6 Å². The van der Waals surface area contributed by atoms with Crippen molar-refractivity contribution in [1.29, 1.82) is 0 Å². The SMILES string of the molecule is O=C(Nc1ccc(Cl)c([N+](=O)[O-])c1)C(=O)NC1CC1. The second-order valence-corrected chi connectivity index (χ2v) is 4.53. The van der Waals surface area contributed by atoms with Crippen LogP contribution in [0.3, 0.4) is 0 Å². The molecule has 19 heavy (non-hydrogen) atoms. The summed E-state index contributed by atoms with van der Waals surface area (Å²) in [7, 11) is 0. The van der Waals surface area contributed by atoms with Crippen LogP contribution in [0.25, 0.3) is 0 Å². The number of anilines is 1. The van der Waals surface area contributed by atoms with Crippen molar-refractivity contribution < 1.29 is 14.5 Å². The van der Waals surface area contributed by atoms with Crippen LogP contribution in [0.5, 0.6) is 0 Å². The molecule has 1 fully saturated rings. The zero-order valence-electron chi connectivity index (χ0n) is 9.68. The fourth-order valence-corrected chi connectivity index (χ4v) is 1.58. The van der Waals surface area contributed by atoms with Crippen LogP contribution in [0.2, 0.25) is 5.02 Å². The van der Waals surface area contributed by atoms with Gasteiger partial charge in [0.25, 0.3) is 5.69 Å². The third-order valence-corrected chi connectivity index (χ3v) is 2.84. The maximum atomic E-state index is 11.5. The Hall–Kier alpha value is -2.15. The predicted molar refractivity (Wildman–Crippen MR) is 67.9 cm³/mol. The van der Waals surface area contributed by atoms with Gasteiger partial charge in [-0.3, -0.25) is 19.7 Å². The van der Waals surface area contributed by atoms with Gasteiger partial charge in [0, 0.05) is 17.8 Å². The smallest absolute Gasteiger partial charge is 0.313 e. The van der Waals surface area contributed by atoms with E-state index in [1.807, 2.05) is 0 Å².